The van der Waals surface area contributed by atoms with Gasteiger partial charge in [-0.2, -0.15) is 0 Å². The van der Waals surface area contributed by atoms with Crippen molar-refractivity contribution in [2.75, 3.05) is 18.7 Å². The van der Waals surface area contributed by atoms with E-state index in [2.05, 4.69) is 19.0 Å². The Kier molecular flexibility index (Phi) is 7.95. The number of carbonyl (C=O) groups is 1. The molecule has 1 N–H and O–H groups in total. The van der Waals surface area contributed by atoms with Crippen LogP contribution < -0.4 is 4.72 Å². The van der Waals surface area contributed by atoms with Crippen LogP contribution in [-0.4, -0.2) is 33.1 Å². The van der Waals surface area contributed by atoms with Crippen molar-refractivity contribution < 1.29 is 32.2 Å². The van der Waals surface area contributed by atoms with Gasteiger partial charge in [0.05, 0.1) is 19.2 Å². The predicted octanol–water partition coefficient (Wildman–Crippen LogP) is 1.50. The Morgan fingerprint density at radius 2 is 1.91 bits per heavy atom. The van der Waals surface area contributed by atoms with Gasteiger partial charge in [-0.1, -0.05) is 35.4 Å². The quantitative estimate of drug-likeness (QED) is 0.219. The molecule has 0 radical (unpaired) electrons. The first-order valence-electron chi connectivity index (χ1n) is 6.50. The zero-order valence-corrected chi connectivity index (χ0v) is 14.6. The Hall–Kier alpha value is -1.17. The van der Waals surface area contributed by atoms with Gasteiger partial charge in [-0.05, 0) is 19.4 Å². The van der Waals surface area contributed by atoms with Gasteiger partial charge in [-0.15, -0.1) is 4.33 Å². The van der Waals surface area contributed by atoms with Crippen LogP contribution in [0, 0.1) is 0 Å². The number of esters is 1. The summed E-state index contributed by atoms with van der Waals surface area (Å²) in [6.07, 6.45) is 0. The molecule has 130 valence electrons. The first-order chi connectivity index (χ1) is 10.8. The monoisotopic (exact) mass is 365 g/mol. The van der Waals surface area contributed by atoms with E-state index in [1.165, 1.54) is 7.11 Å². The lowest BCUT2D eigenvalue weighted by Gasteiger charge is -2.25. The molecule has 0 saturated heterocycles. The average Bonchev–Trinajstić information content (AvgIpc) is 2.50. The molecule has 0 bridgehead atoms. The van der Waals surface area contributed by atoms with Gasteiger partial charge in [0.1, 0.15) is 17.2 Å². The highest BCUT2D eigenvalue weighted by Gasteiger charge is 2.25. The van der Waals surface area contributed by atoms with Gasteiger partial charge in [-0.3, -0.25) is 4.79 Å². The number of benzene rings is 1. The minimum absolute atomic E-state index is 0.467. The van der Waals surface area contributed by atoms with Crippen LogP contribution >= 0.6 is 12.0 Å². The van der Waals surface area contributed by atoms with Crippen LogP contribution in [0.2, 0.25) is 0 Å². The van der Waals surface area contributed by atoms with Gasteiger partial charge in [0.2, 0.25) is 10.0 Å². The molecule has 23 heavy (non-hydrogen) atoms. The largest absolute Gasteiger partial charge is 0.454 e. The number of sulfonamides is 1. The second kappa shape index (κ2) is 9.21. The van der Waals surface area contributed by atoms with E-state index in [1.54, 1.807) is 13.8 Å². The maximum Gasteiger partial charge on any atom is 0.321 e. The standard InChI is InChI=1S/C13H19NO7S2/c1-13(2,11-7-5-4-6-8-11)19-12(15)9-14-23(16,17)10-22-21-20-18-3/h4-8,14H,9-10H2,1-3H3. The molecule has 0 atom stereocenters. The van der Waals surface area contributed by atoms with Crippen molar-refractivity contribution in [1.29, 1.82) is 0 Å². The van der Waals surface area contributed by atoms with E-state index in [0.29, 0.717) is 12.0 Å². The zero-order chi connectivity index (χ0) is 17.3. The fourth-order valence-electron chi connectivity index (χ4n) is 1.56. The molecular formula is C13H19NO7S2. The molecule has 0 aromatic heterocycles. The van der Waals surface area contributed by atoms with Crippen LogP contribution in [0.5, 0.6) is 0 Å². The fraction of sp³-hybridized carbons (Fsp3) is 0.462. The van der Waals surface area contributed by atoms with Crippen LogP contribution in [0.3, 0.4) is 0 Å². The van der Waals surface area contributed by atoms with E-state index in [-0.39, 0.29) is 0 Å². The molecule has 0 saturated carbocycles. The Labute approximate surface area is 139 Å². The molecular weight excluding hydrogens is 346 g/mol. The lowest BCUT2D eigenvalue weighted by atomic mass is 9.98. The highest BCUT2D eigenvalue weighted by atomic mass is 32.3. The highest BCUT2D eigenvalue weighted by Crippen LogP contribution is 2.24. The molecule has 0 fully saturated rings. The Bertz CT molecular complexity index is 590. The maximum absolute atomic E-state index is 11.8. The van der Waals surface area contributed by atoms with Crippen molar-refractivity contribution >= 4 is 28.0 Å². The summed E-state index contributed by atoms with van der Waals surface area (Å²) in [6.45, 7) is 2.96. The molecule has 1 aromatic carbocycles. The fourth-order valence-corrected chi connectivity index (χ4v) is 2.99. The third-order valence-electron chi connectivity index (χ3n) is 2.62. The molecule has 0 aliphatic rings. The van der Waals surface area contributed by atoms with Gasteiger partial charge in [0, 0.05) is 0 Å². The predicted molar refractivity (Wildman–Crippen MR) is 84.1 cm³/mol. The van der Waals surface area contributed by atoms with Crippen molar-refractivity contribution in [1.82, 2.24) is 4.72 Å². The lowest BCUT2D eigenvalue weighted by Crippen LogP contribution is -2.35. The van der Waals surface area contributed by atoms with Crippen LogP contribution in [0.15, 0.2) is 30.3 Å². The Morgan fingerprint density at radius 1 is 1.26 bits per heavy atom. The summed E-state index contributed by atoms with van der Waals surface area (Å²) in [5.41, 5.74) is -0.0644. The van der Waals surface area contributed by atoms with Crippen molar-refractivity contribution in [2.45, 2.75) is 19.4 Å². The van der Waals surface area contributed by atoms with Crippen LogP contribution in [-0.2, 0) is 39.4 Å². The van der Waals surface area contributed by atoms with E-state index in [9.17, 15) is 13.2 Å². The summed E-state index contributed by atoms with van der Waals surface area (Å²) < 4.78 is 35.0. The molecule has 0 heterocycles. The normalized spacial score (nSPS) is 12.1. The van der Waals surface area contributed by atoms with Crippen LogP contribution in [0.25, 0.3) is 0 Å². The van der Waals surface area contributed by atoms with Crippen molar-refractivity contribution in [3.63, 3.8) is 0 Å². The topological polar surface area (TPSA) is 100 Å². The van der Waals surface area contributed by atoms with Gasteiger partial charge in [0.15, 0.2) is 0 Å². The molecule has 0 aliphatic carbocycles. The second-order valence-electron chi connectivity index (χ2n) is 4.82. The van der Waals surface area contributed by atoms with Gasteiger partial charge in [-0.25, -0.2) is 18.0 Å². The van der Waals surface area contributed by atoms with Crippen molar-refractivity contribution in [3.8, 4) is 0 Å². The molecule has 1 aromatic rings. The minimum Gasteiger partial charge on any atom is -0.454 e. The first-order valence-corrected chi connectivity index (χ1v) is 9.07. The van der Waals surface area contributed by atoms with E-state index >= 15 is 0 Å². The molecule has 1 rings (SSSR count). The summed E-state index contributed by atoms with van der Waals surface area (Å²) in [7, 11) is -2.52. The maximum atomic E-state index is 11.8. The summed E-state index contributed by atoms with van der Waals surface area (Å²) in [5.74, 6) is -0.693. The van der Waals surface area contributed by atoms with Crippen LogP contribution in [0.4, 0.5) is 0 Å². The van der Waals surface area contributed by atoms with Gasteiger partial charge in [0.25, 0.3) is 0 Å². The van der Waals surface area contributed by atoms with Gasteiger partial charge >= 0.3 is 5.97 Å². The first kappa shape index (κ1) is 19.9. The number of nitrogens with one attached hydrogen (secondary N) is 1. The second-order valence-corrected chi connectivity index (χ2v) is 7.66. The Morgan fingerprint density at radius 3 is 2.52 bits per heavy atom. The van der Waals surface area contributed by atoms with E-state index in [1.807, 2.05) is 30.3 Å². The molecule has 0 unspecified atom stereocenters. The Balaban J connectivity index is 2.44. The van der Waals surface area contributed by atoms with Crippen molar-refractivity contribution in [2.24, 2.45) is 0 Å². The van der Waals surface area contributed by atoms with E-state index in [0.717, 1.165) is 5.56 Å². The van der Waals surface area contributed by atoms with Crippen molar-refractivity contribution in [3.05, 3.63) is 35.9 Å². The smallest absolute Gasteiger partial charge is 0.321 e. The average molecular weight is 365 g/mol. The number of ether oxygens (including phenoxy) is 1. The number of hydrogen-bond donors (Lipinski definition) is 1. The lowest BCUT2D eigenvalue weighted by molar-refractivity contribution is -0.447. The third kappa shape index (κ3) is 7.77. The van der Waals surface area contributed by atoms with Gasteiger partial charge < -0.3 is 4.74 Å². The van der Waals surface area contributed by atoms with E-state index < -0.39 is 33.2 Å². The molecule has 8 nitrogen and oxygen atoms in total. The zero-order valence-electron chi connectivity index (χ0n) is 13.0. The molecule has 0 spiro atoms. The number of rotatable bonds is 10. The summed E-state index contributed by atoms with van der Waals surface area (Å²) in [5, 5.41) is 3.58. The minimum atomic E-state index is -3.73. The number of carbonyl (C=O) groups excluding carboxylic acids is 1. The highest BCUT2D eigenvalue weighted by molar-refractivity contribution is 8.09. The third-order valence-corrected chi connectivity index (χ3v) is 4.98. The number of hydrogen-bond acceptors (Lipinski definition) is 8. The summed E-state index contributed by atoms with van der Waals surface area (Å²) >= 11 is 0.497. The molecule has 10 heteroatoms. The summed E-state index contributed by atoms with van der Waals surface area (Å²) in [4.78, 5) is 15.9. The SMILES string of the molecule is COOOSCS(=O)(=O)NCC(=O)OC(C)(C)c1ccccc1. The summed E-state index contributed by atoms with van der Waals surface area (Å²) in [6, 6.07) is 9.14. The van der Waals surface area contributed by atoms with E-state index in [4.69, 9.17) is 4.74 Å². The van der Waals surface area contributed by atoms with Crippen LogP contribution in [0.1, 0.15) is 19.4 Å². The molecule has 0 aliphatic heterocycles. The molecule has 0 amide bonds.